The maximum Gasteiger partial charge on any atom is 0.0575 e. The lowest BCUT2D eigenvalue weighted by Gasteiger charge is -2.29. The maximum absolute atomic E-state index is 5.27. The maximum atomic E-state index is 5.27. The molecule has 0 unspecified atom stereocenters. The zero-order valence-electron chi connectivity index (χ0n) is 10.9. The standard InChI is InChI=1S/C14H17BrN2OS/c1-18-17-6-4-11(5-7-17)19-14-9-16-13-3-2-10(15)8-12(13)14/h2-3,8-9,11,16H,4-7H2,1H3. The number of aromatic amines is 1. The Morgan fingerprint density at radius 1 is 1.37 bits per heavy atom. The minimum absolute atomic E-state index is 0.685. The fourth-order valence-corrected chi connectivity index (χ4v) is 4.07. The van der Waals surface area contributed by atoms with E-state index in [4.69, 9.17) is 4.84 Å². The predicted octanol–water partition coefficient (Wildman–Crippen LogP) is 4.05. The second-order valence-electron chi connectivity index (χ2n) is 4.77. The molecular formula is C14H17BrN2OS. The first-order valence-electron chi connectivity index (χ1n) is 6.48. The van der Waals surface area contributed by atoms with Crippen LogP contribution < -0.4 is 0 Å². The first-order valence-corrected chi connectivity index (χ1v) is 8.16. The molecule has 0 amide bonds. The highest BCUT2D eigenvalue weighted by molar-refractivity contribution is 9.10. The Kier molecular flexibility index (Phi) is 4.17. The third-order valence-electron chi connectivity index (χ3n) is 3.56. The van der Waals surface area contributed by atoms with E-state index in [2.05, 4.69) is 45.3 Å². The highest BCUT2D eigenvalue weighted by atomic mass is 79.9. The Hall–Kier alpha value is -0.490. The van der Waals surface area contributed by atoms with Crippen molar-refractivity contribution < 1.29 is 4.84 Å². The van der Waals surface area contributed by atoms with Gasteiger partial charge in [0.1, 0.15) is 0 Å². The summed E-state index contributed by atoms with van der Waals surface area (Å²) < 4.78 is 1.13. The highest BCUT2D eigenvalue weighted by Gasteiger charge is 2.20. The van der Waals surface area contributed by atoms with Crippen LogP contribution >= 0.6 is 27.7 Å². The van der Waals surface area contributed by atoms with Gasteiger partial charge in [-0.3, -0.25) is 0 Å². The van der Waals surface area contributed by atoms with Gasteiger partial charge in [-0.15, -0.1) is 11.8 Å². The van der Waals surface area contributed by atoms with Crippen LogP contribution in [0.4, 0.5) is 0 Å². The topological polar surface area (TPSA) is 28.3 Å². The molecule has 19 heavy (non-hydrogen) atoms. The van der Waals surface area contributed by atoms with Crippen LogP contribution in [0, 0.1) is 0 Å². The molecule has 1 aromatic heterocycles. The molecule has 0 spiro atoms. The van der Waals surface area contributed by atoms with Crippen molar-refractivity contribution in [2.75, 3.05) is 20.2 Å². The van der Waals surface area contributed by atoms with E-state index in [9.17, 15) is 0 Å². The number of piperidine rings is 1. The van der Waals surface area contributed by atoms with Gasteiger partial charge in [0.15, 0.2) is 0 Å². The van der Waals surface area contributed by atoms with E-state index in [0.29, 0.717) is 5.25 Å². The molecule has 3 rings (SSSR count). The number of nitrogens with one attached hydrogen (secondary N) is 1. The third-order valence-corrected chi connectivity index (χ3v) is 5.45. The average Bonchev–Trinajstić information content (AvgIpc) is 2.82. The van der Waals surface area contributed by atoms with Crippen LogP contribution in [0.2, 0.25) is 0 Å². The zero-order chi connectivity index (χ0) is 13.2. The monoisotopic (exact) mass is 340 g/mol. The molecule has 0 bridgehead atoms. The van der Waals surface area contributed by atoms with Crippen molar-refractivity contribution in [2.45, 2.75) is 23.0 Å². The van der Waals surface area contributed by atoms with Crippen molar-refractivity contribution in [2.24, 2.45) is 0 Å². The van der Waals surface area contributed by atoms with Gasteiger partial charge in [0, 0.05) is 44.8 Å². The summed E-state index contributed by atoms with van der Waals surface area (Å²) >= 11 is 5.53. The number of halogens is 1. The molecule has 3 nitrogen and oxygen atoms in total. The SMILES string of the molecule is CON1CCC(Sc2c[nH]c3ccc(Br)cc23)CC1. The molecule has 0 radical (unpaired) electrons. The van der Waals surface area contributed by atoms with Crippen molar-refractivity contribution >= 4 is 38.6 Å². The Bertz CT molecular complexity index is 564. The van der Waals surface area contributed by atoms with Gasteiger partial charge in [0.2, 0.25) is 0 Å². The number of thioether (sulfide) groups is 1. The normalized spacial score (nSPS) is 18.2. The van der Waals surface area contributed by atoms with Crippen molar-refractivity contribution in [3.8, 4) is 0 Å². The number of nitrogens with zero attached hydrogens (tertiary/aromatic N) is 1. The summed E-state index contributed by atoms with van der Waals surface area (Å²) in [6.45, 7) is 2.06. The molecule has 1 aromatic carbocycles. The van der Waals surface area contributed by atoms with E-state index in [1.54, 1.807) is 7.11 Å². The fraction of sp³-hybridized carbons (Fsp3) is 0.429. The molecule has 1 fully saturated rings. The second kappa shape index (κ2) is 5.87. The van der Waals surface area contributed by atoms with Gasteiger partial charge < -0.3 is 9.82 Å². The summed E-state index contributed by atoms with van der Waals surface area (Å²) in [4.78, 5) is 9.97. The first kappa shape index (κ1) is 13.5. The summed E-state index contributed by atoms with van der Waals surface area (Å²) in [7, 11) is 1.75. The van der Waals surface area contributed by atoms with Crippen LogP contribution in [-0.2, 0) is 4.84 Å². The van der Waals surface area contributed by atoms with Crippen molar-refractivity contribution in [1.29, 1.82) is 0 Å². The number of benzene rings is 1. The molecule has 2 heterocycles. The molecule has 1 N–H and O–H groups in total. The molecule has 0 saturated carbocycles. The van der Waals surface area contributed by atoms with Gasteiger partial charge in [-0.2, -0.15) is 5.06 Å². The van der Waals surface area contributed by atoms with Crippen LogP contribution in [0.5, 0.6) is 0 Å². The fourth-order valence-electron chi connectivity index (χ4n) is 2.48. The number of H-pyrrole nitrogens is 1. The number of hydrogen-bond acceptors (Lipinski definition) is 3. The van der Waals surface area contributed by atoms with Gasteiger partial charge in [-0.1, -0.05) is 15.9 Å². The number of rotatable bonds is 3. The lowest BCUT2D eigenvalue weighted by Crippen LogP contribution is -2.33. The second-order valence-corrected chi connectivity index (χ2v) is 7.03. The summed E-state index contributed by atoms with van der Waals surface area (Å²) in [5, 5.41) is 4.04. The van der Waals surface area contributed by atoms with Crippen molar-refractivity contribution in [3.05, 3.63) is 28.9 Å². The van der Waals surface area contributed by atoms with E-state index in [1.165, 1.54) is 28.6 Å². The average molecular weight is 341 g/mol. The van der Waals surface area contributed by atoms with Gasteiger partial charge in [0.25, 0.3) is 0 Å². The Morgan fingerprint density at radius 3 is 2.89 bits per heavy atom. The van der Waals surface area contributed by atoms with Crippen LogP contribution in [0.3, 0.4) is 0 Å². The van der Waals surface area contributed by atoms with E-state index in [-0.39, 0.29) is 0 Å². The Morgan fingerprint density at radius 2 is 2.16 bits per heavy atom. The lowest BCUT2D eigenvalue weighted by atomic mass is 10.1. The van der Waals surface area contributed by atoms with Crippen molar-refractivity contribution in [3.63, 3.8) is 0 Å². The molecule has 102 valence electrons. The largest absolute Gasteiger partial charge is 0.360 e. The number of hydrogen-bond donors (Lipinski definition) is 1. The van der Waals surface area contributed by atoms with Crippen LogP contribution in [0.15, 0.2) is 33.8 Å². The van der Waals surface area contributed by atoms with Gasteiger partial charge in [-0.25, -0.2) is 0 Å². The molecule has 1 aliphatic rings. The quantitative estimate of drug-likeness (QED) is 0.913. The Balaban J connectivity index is 1.73. The summed E-state index contributed by atoms with van der Waals surface area (Å²) in [5.74, 6) is 0. The number of fused-ring (bicyclic) bond motifs is 1. The molecule has 0 atom stereocenters. The minimum atomic E-state index is 0.685. The van der Waals surface area contributed by atoms with E-state index in [0.717, 1.165) is 17.6 Å². The van der Waals surface area contributed by atoms with Crippen LogP contribution in [0.1, 0.15) is 12.8 Å². The highest BCUT2D eigenvalue weighted by Crippen LogP contribution is 2.36. The van der Waals surface area contributed by atoms with Gasteiger partial charge >= 0.3 is 0 Å². The molecule has 0 aliphatic carbocycles. The van der Waals surface area contributed by atoms with Crippen LogP contribution in [0.25, 0.3) is 10.9 Å². The minimum Gasteiger partial charge on any atom is -0.360 e. The lowest BCUT2D eigenvalue weighted by molar-refractivity contribution is -0.140. The third kappa shape index (κ3) is 2.99. The van der Waals surface area contributed by atoms with Gasteiger partial charge in [-0.05, 0) is 31.0 Å². The summed E-state index contributed by atoms with van der Waals surface area (Å²) in [6.07, 6.45) is 4.49. The smallest absolute Gasteiger partial charge is 0.0575 e. The first-order chi connectivity index (χ1) is 9.26. The van der Waals surface area contributed by atoms with E-state index >= 15 is 0 Å². The summed E-state index contributed by atoms with van der Waals surface area (Å²) in [6, 6.07) is 6.39. The predicted molar refractivity (Wildman–Crippen MR) is 83.5 cm³/mol. The van der Waals surface area contributed by atoms with Gasteiger partial charge in [0.05, 0.1) is 7.11 Å². The van der Waals surface area contributed by atoms with Crippen LogP contribution in [-0.4, -0.2) is 35.5 Å². The zero-order valence-corrected chi connectivity index (χ0v) is 13.3. The van der Waals surface area contributed by atoms with E-state index < -0.39 is 0 Å². The molecule has 2 aromatic rings. The summed E-state index contributed by atoms with van der Waals surface area (Å²) in [5.41, 5.74) is 1.21. The molecule has 1 saturated heterocycles. The number of aromatic nitrogens is 1. The number of hydroxylamine groups is 2. The van der Waals surface area contributed by atoms with E-state index in [1.807, 2.05) is 16.8 Å². The van der Waals surface area contributed by atoms with Crippen molar-refractivity contribution in [1.82, 2.24) is 10.0 Å². The molecular weight excluding hydrogens is 324 g/mol. The Labute approximate surface area is 125 Å². The molecule has 1 aliphatic heterocycles. The molecule has 5 heteroatoms.